The van der Waals surface area contributed by atoms with Crippen LogP contribution in [0, 0.1) is 11.8 Å². The van der Waals surface area contributed by atoms with Crippen LogP contribution in [-0.2, 0) is 8.85 Å². The largest absolute Gasteiger partial charge is 0.397 e. The molecule has 0 fully saturated rings. The van der Waals surface area contributed by atoms with Gasteiger partial charge in [-0.3, -0.25) is 0 Å². The normalized spacial score (nSPS) is 29.4. The van der Waals surface area contributed by atoms with Gasteiger partial charge >= 0.3 is 8.56 Å². The van der Waals surface area contributed by atoms with Crippen molar-refractivity contribution in [1.82, 2.24) is 0 Å². The van der Waals surface area contributed by atoms with Crippen LogP contribution in [0.4, 0.5) is 0 Å². The maximum Gasteiger partial charge on any atom is 0.397 e. The molecule has 96 valence electrons. The second kappa shape index (κ2) is 5.08. The van der Waals surface area contributed by atoms with E-state index in [1.54, 1.807) is 0 Å². The molecule has 0 N–H and O–H groups in total. The molecule has 2 atom stereocenters. The Labute approximate surface area is 106 Å². The Balaban J connectivity index is 2.32. The average molecular weight is 252 g/mol. The molecule has 0 saturated heterocycles. The zero-order valence-corrected chi connectivity index (χ0v) is 12.5. The van der Waals surface area contributed by atoms with E-state index in [2.05, 4.69) is 26.0 Å². The van der Waals surface area contributed by atoms with Gasteiger partial charge in [-0.15, -0.1) is 0 Å². The minimum absolute atomic E-state index is 0.682. The van der Waals surface area contributed by atoms with E-state index in [9.17, 15) is 0 Å². The Morgan fingerprint density at radius 3 is 1.59 bits per heavy atom. The topological polar surface area (TPSA) is 18.5 Å². The number of hydrogen-bond acceptors (Lipinski definition) is 2. The van der Waals surface area contributed by atoms with Crippen LogP contribution in [0.25, 0.3) is 0 Å². The van der Waals surface area contributed by atoms with Crippen LogP contribution < -0.4 is 0 Å². The smallest absolute Gasteiger partial charge is 0.391 e. The summed E-state index contributed by atoms with van der Waals surface area (Å²) in [7, 11) is 1.41. The molecule has 0 heterocycles. The van der Waals surface area contributed by atoms with Crippen molar-refractivity contribution >= 4 is 8.56 Å². The second-order valence-corrected chi connectivity index (χ2v) is 8.77. The van der Waals surface area contributed by atoms with Crippen LogP contribution in [0.3, 0.4) is 0 Å². The van der Waals surface area contributed by atoms with Gasteiger partial charge in [-0.05, 0) is 47.9 Å². The Bertz CT molecular complexity index is 312. The van der Waals surface area contributed by atoms with Crippen LogP contribution in [0.2, 0.25) is 0 Å². The summed E-state index contributed by atoms with van der Waals surface area (Å²) in [6.45, 7) is 4.56. The van der Waals surface area contributed by atoms with Gasteiger partial charge < -0.3 is 8.85 Å². The first-order valence-corrected chi connectivity index (χ1v) is 8.46. The first-order valence-electron chi connectivity index (χ1n) is 6.65. The second-order valence-electron chi connectivity index (χ2n) is 5.44. The fourth-order valence-electron chi connectivity index (χ4n) is 3.15. The Kier molecular flexibility index (Phi) is 3.91. The summed E-state index contributed by atoms with van der Waals surface area (Å²) in [5.74, 6) is 1.36. The van der Waals surface area contributed by atoms with Crippen molar-refractivity contribution < 1.29 is 8.85 Å². The Hall–Kier alpha value is -0.383. The van der Waals surface area contributed by atoms with Gasteiger partial charge in [-0.2, -0.15) is 0 Å². The summed E-state index contributed by atoms with van der Waals surface area (Å²) in [5, 5.41) is 2.91. The predicted octanol–water partition coefficient (Wildman–Crippen LogP) is 3.51. The molecule has 2 unspecified atom stereocenters. The van der Waals surface area contributed by atoms with E-state index in [0.29, 0.717) is 11.8 Å². The molecule has 2 aliphatic carbocycles. The molecule has 3 heteroatoms. The molecule has 0 aromatic carbocycles. The summed E-state index contributed by atoms with van der Waals surface area (Å²) >= 11 is 0. The van der Waals surface area contributed by atoms with Gasteiger partial charge in [0.25, 0.3) is 0 Å². The maximum atomic E-state index is 5.93. The fourth-order valence-corrected chi connectivity index (χ4v) is 6.73. The molecule has 0 spiro atoms. The summed E-state index contributed by atoms with van der Waals surface area (Å²) in [6.07, 6.45) is 9.59. The first kappa shape index (κ1) is 13.1. The molecule has 17 heavy (non-hydrogen) atoms. The Morgan fingerprint density at radius 1 is 0.941 bits per heavy atom. The standard InChI is InChI=1S/C14H24O2Si/c1-11-5-7-13(9-11)17(15-3,16-4)14-8-6-12(2)10-14/h9-12H,5-8H2,1-4H3. The van der Waals surface area contributed by atoms with Gasteiger partial charge in [0.15, 0.2) is 0 Å². The molecular weight excluding hydrogens is 228 g/mol. The van der Waals surface area contributed by atoms with Crippen molar-refractivity contribution in [2.75, 3.05) is 14.2 Å². The quantitative estimate of drug-likeness (QED) is 0.713. The van der Waals surface area contributed by atoms with E-state index >= 15 is 0 Å². The van der Waals surface area contributed by atoms with Gasteiger partial charge in [-0.1, -0.05) is 26.0 Å². The fraction of sp³-hybridized carbons (Fsp3) is 0.714. The predicted molar refractivity (Wildman–Crippen MR) is 72.7 cm³/mol. The first-order chi connectivity index (χ1) is 8.12. The third-order valence-electron chi connectivity index (χ3n) is 4.13. The van der Waals surface area contributed by atoms with Crippen molar-refractivity contribution in [2.45, 2.75) is 39.5 Å². The lowest BCUT2D eigenvalue weighted by Gasteiger charge is -2.30. The zero-order valence-electron chi connectivity index (χ0n) is 11.5. The minimum Gasteiger partial charge on any atom is -0.391 e. The molecule has 2 rings (SSSR count). The SMILES string of the molecule is CO[Si](OC)(C1=CC(C)CC1)C1=CC(C)CC1. The summed E-state index contributed by atoms with van der Waals surface area (Å²) < 4.78 is 11.9. The van der Waals surface area contributed by atoms with E-state index in [4.69, 9.17) is 8.85 Å². The summed E-state index contributed by atoms with van der Waals surface area (Å²) in [4.78, 5) is 0. The molecule has 2 nitrogen and oxygen atoms in total. The van der Waals surface area contributed by atoms with Gasteiger partial charge in [0.1, 0.15) is 0 Å². The van der Waals surface area contributed by atoms with Crippen molar-refractivity contribution in [1.29, 1.82) is 0 Å². The summed E-state index contributed by atoms with van der Waals surface area (Å²) in [6, 6.07) is 0. The summed E-state index contributed by atoms with van der Waals surface area (Å²) in [5.41, 5.74) is 0. The molecule has 0 amide bonds. The lowest BCUT2D eigenvalue weighted by molar-refractivity contribution is 0.260. The van der Waals surface area contributed by atoms with Crippen molar-refractivity contribution in [2.24, 2.45) is 11.8 Å². The van der Waals surface area contributed by atoms with Crippen molar-refractivity contribution in [3.8, 4) is 0 Å². The third kappa shape index (κ3) is 2.28. The molecule has 2 aliphatic rings. The van der Waals surface area contributed by atoms with Crippen LogP contribution in [-0.4, -0.2) is 22.8 Å². The average Bonchev–Trinajstić information content (AvgIpc) is 2.92. The van der Waals surface area contributed by atoms with Crippen LogP contribution in [0.15, 0.2) is 22.5 Å². The number of allylic oxidation sites excluding steroid dienone is 4. The molecule has 0 aliphatic heterocycles. The molecule has 0 saturated carbocycles. The minimum atomic E-state index is -2.24. The van der Waals surface area contributed by atoms with Crippen molar-refractivity contribution in [3.05, 3.63) is 22.5 Å². The van der Waals surface area contributed by atoms with E-state index in [1.807, 2.05) is 14.2 Å². The van der Waals surface area contributed by atoms with Crippen LogP contribution in [0.1, 0.15) is 39.5 Å². The van der Waals surface area contributed by atoms with Crippen LogP contribution in [0.5, 0.6) is 0 Å². The van der Waals surface area contributed by atoms with Crippen LogP contribution >= 0.6 is 0 Å². The van der Waals surface area contributed by atoms with Gasteiger partial charge in [-0.25, -0.2) is 0 Å². The lowest BCUT2D eigenvalue weighted by atomic mass is 10.2. The highest BCUT2D eigenvalue weighted by molar-refractivity contribution is 6.81. The molecule has 0 radical (unpaired) electrons. The van der Waals surface area contributed by atoms with E-state index in [1.165, 1.54) is 23.2 Å². The molecule has 0 aromatic heterocycles. The molecule has 0 aromatic rings. The van der Waals surface area contributed by atoms with E-state index in [0.717, 1.165) is 12.8 Å². The highest BCUT2D eigenvalue weighted by atomic mass is 28.4. The molecular formula is C14H24O2Si. The number of rotatable bonds is 4. The highest BCUT2D eigenvalue weighted by Gasteiger charge is 2.46. The monoisotopic (exact) mass is 252 g/mol. The molecule has 0 bridgehead atoms. The van der Waals surface area contributed by atoms with Gasteiger partial charge in [0.2, 0.25) is 0 Å². The van der Waals surface area contributed by atoms with Crippen molar-refractivity contribution in [3.63, 3.8) is 0 Å². The Morgan fingerprint density at radius 2 is 1.35 bits per heavy atom. The third-order valence-corrected chi connectivity index (χ3v) is 7.80. The lowest BCUT2D eigenvalue weighted by Crippen LogP contribution is -2.44. The highest BCUT2D eigenvalue weighted by Crippen LogP contribution is 2.40. The van der Waals surface area contributed by atoms with E-state index in [-0.39, 0.29) is 0 Å². The maximum absolute atomic E-state index is 5.93. The number of hydrogen-bond donors (Lipinski definition) is 0. The van der Waals surface area contributed by atoms with Gasteiger partial charge in [0, 0.05) is 14.2 Å². The van der Waals surface area contributed by atoms with E-state index < -0.39 is 8.56 Å². The van der Waals surface area contributed by atoms with Gasteiger partial charge in [0.05, 0.1) is 0 Å². The zero-order chi connectivity index (χ0) is 12.5.